The van der Waals surface area contributed by atoms with Crippen molar-refractivity contribution in [2.75, 3.05) is 18.4 Å². The number of benzene rings is 2. The highest BCUT2D eigenvalue weighted by atomic mass is 16.2. The molecule has 2 aliphatic heterocycles. The van der Waals surface area contributed by atoms with E-state index in [1.165, 1.54) is 16.8 Å². The topological polar surface area (TPSA) is 51.4 Å². The van der Waals surface area contributed by atoms with Gasteiger partial charge in [0, 0.05) is 48.8 Å². The molecule has 5 rings (SSSR count). The number of hydrogen-bond donors (Lipinski definition) is 2. The van der Waals surface area contributed by atoms with E-state index in [2.05, 4.69) is 62.6 Å². The Balaban J connectivity index is 1.40. The van der Waals surface area contributed by atoms with Crippen molar-refractivity contribution >= 4 is 11.7 Å². The summed E-state index contributed by atoms with van der Waals surface area (Å²) in [5.41, 5.74) is 4.51. The number of rotatable bonds is 4. The number of H-pyrrole nitrogens is 1. The number of aromatic amines is 1. The maximum atomic E-state index is 13.2. The molecular weight excluding hydrogens is 360 g/mol. The lowest BCUT2D eigenvalue weighted by Crippen LogP contribution is -2.52. The van der Waals surface area contributed by atoms with Crippen LogP contribution in [0.1, 0.15) is 35.7 Å². The number of anilines is 1. The number of carbonyl (C=O) groups excluding carboxylic acids is 1. The number of nitrogens with one attached hydrogen (secondary N) is 2. The number of urea groups is 1. The van der Waals surface area contributed by atoms with E-state index in [-0.39, 0.29) is 18.1 Å². The maximum absolute atomic E-state index is 13.2. The van der Waals surface area contributed by atoms with Gasteiger partial charge in [0.05, 0.1) is 6.04 Å². The first-order chi connectivity index (χ1) is 14.3. The molecule has 5 heteroatoms. The van der Waals surface area contributed by atoms with Crippen LogP contribution in [-0.2, 0) is 6.54 Å². The van der Waals surface area contributed by atoms with Crippen LogP contribution in [0.4, 0.5) is 10.5 Å². The number of nitrogens with zero attached hydrogens (tertiary/aromatic N) is 2. The second-order valence-corrected chi connectivity index (χ2v) is 7.94. The van der Waals surface area contributed by atoms with Gasteiger partial charge < -0.3 is 15.2 Å². The van der Waals surface area contributed by atoms with E-state index < -0.39 is 0 Å². The van der Waals surface area contributed by atoms with Gasteiger partial charge in [-0.15, -0.1) is 0 Å². The summed E-state index contributed by atoms with van der Waals surface area (Å²) < 4.78 is 0. The van der Waals surface area contributed by atoms with E-state index >= 15 is 0 Å². The van der Waals surface area contributed by atoms with Crippen molar-refractivity contribution in [3.8, 4) is 0 Å². The monoisotopic (exact) mass is 386 g/mol. The smallest absolute Gasteiger partial charge is 0.322 e. The number of carbonyl (C=O) groups is 1. The van der Waals surface area contributed by atoms with Gasteiger partial charge in [0.15, 0.2) is 0 Å². The molecule has 3 heterocycles. The zero-order chi connectivity index (χ0) is 19.6. The van der Waals surface area contributed by atoms with Gasteiger partial charge in [-0.25, -0.2) is 4.79 Å². The van der Waals surface area contributed by atoms with Crippen LogP contribution in [0.5, 0.6) is 0 Å². The minimum absolute atomic E-state index is 0.0142. The summed E-state index contributed by atoms with van der Waals surface area (Å²) in [6, 6.07) is 23.0. The zero-order valence-corrected chi connectivity index (χ0v) is 16.4. The first kappa shape index (κ1) is 18.0. The van der Waals surface area contributed by atoms with Crippen molar-refractivity contribution in [3.63, 3.8) is 0 Å². The Hall–Kier alpha value is -3.05. The van der Waals surface area contributed by atoms with E-state index in [4.69, 9.17) is 0 Å². The van der Waals surface area contributed by atoms with Gasteiger partial charge in [-0.3, -0.25) is 4.90 Å². The lowest BCUT2D eigenvalue weighted by Gasteiger charge is -2.45. The quantitative estimate of drug-likeness (QED) is 0.688. The average Bonchev–Trinajstić information content (AvgIpc) is 3.27. The number of piperidine rings is 1. The van der Waals surface area contributed by atoms with Crippen molar-refractivity contribution in [1.29, 1.82) is 0 Å². The van der Waals surface area contributed by atoms with Crippen LogP contribution in [-0.4, -0.2) is 39.9 Å². The molecule has 2 amide bonds. The summed E-state index contributed by atoms with van der Waals surface area (Å²) in [5.74, 6) is 0. The van der Waals surface area contributed by atoms with Crippen LogP contribution in [0, 0.1) is 0 Å². The molecule has 0 bridgehead atoms. The molecule has 2 N–H and O–H groups in total. The molecular formula is C24H26N4O. The molecule has 1 unspecified atom stereocenters. The molecule has 1 fully saturated rings. The molecule has 1 aromatic heterocycles. The normalized spacial score (nSPS) is 20.3. The summed E-state index contributed by atoms with van der Waals surface area (Å²) in [6.07, 6.45) is 3.95. The van der Waals surface area contributed by atoms with Gasteiger partial charge >= 0.3 is 6.03 Å². The van der Waals surface area contributed by atoms with Gasteiger partial charge in [0.2, 0.25) is 0 Å². The SMILES string of the molecule is O=C1Nc2ccccc2C(c2ccccc2)N1C1CCN(Cc2ccc[nH]2)CC1. The third-order valence-corrected chi connectivity index (χ3v) is 6.13. The van der Waals surface area contributed by atoms with Crippen molar-refractivity contribution < 1.29 is 4.79 Å². The summed E-state index contributed by atoms with van der Waals surface area (Å²) in [6.45, 7) is 2.93. The highest BCUT2D eigenvalue weighted by molar-refractivity contribution is 5.93. The average molecular weight is 386 g/mol. The van der Waals surface area contributed by atoms with Gasteiger partial charge in [0.25, 0.3) is 0 Å². The van der Waals surface area contributed by atoms with Crippen LogP contribution in [0.3, 0.4) is 0 Å². The lowest BCUT2D eigenvalue weighted by atomic mass is 9.90. The zero-order valence-electron chi connectivity index (χ0n) is 16.4. The highest BCUT2D eigenvalue weighted by Gasteiger charge is 2.38. The fourth-order valence-corrected chi connectivity index (χ4v) is 4.71. The number of fused-ring (bicyclic) bond motifs is 1. The van der Waals surface area contributed by atoms with Crippen LogP contribution < -0.4 is 5.32 Å². The van der Waals surface area contributed by atoms with Crippen molar-refractivity contribution in [2.45, 2.75) is 31.5 Å². The fourth-order valence-electron chi connectivity index (χ4n) is 4.71. The molecule has 0 spiro atoms. The van der Waals surface area contributed by atoms with Crippen LogP contribution in [0.15, 0.2) is 72.9 Å². The highest BCUT2D eigenvalue weighted by Crippen LogP contribution is 2.40. The molecule has 148 valence electrons. The molecule has 0 saturated carbocycles. The number of aromatic nitrogens is 1. The third kappa shape index (κ3) is 3.54. The molecule has 1 atom stereocenters. The molecule has 0 radical (unpaired) electrons. The summed E-state index contributed by atoms with van der Waals surface area (Å²) >= 11 is 0. The van der Waals surface area contributed by atoms with E-state index in [1.807, 2.05) is 30.5 Å². The first-order valence-electron chi connectivity index (χ1n) is 10.4. The van der Waals surface area contributed by atoms with Crippen LogP contribution in [0.2, 0.25) is 0 Å². The van der Waals surface area contributed by atoms with Gasteiger partial charge in [-0.2, -0.15) is 0 Å². The third-order valence-electron chi connectivity index (χ3n) is 6.13. The minimum atomic E-state index is -0.0406. The van der Waals surface area contributed by atoms with E-state index in [0.717, 1.165) is 38.2 Å². The van der Waals surface area contributed by atoms with Crippen LogP contribution in [0.25, 0.3) is 0 Å². The Morgan fingerprint density at radius 3 is 2.41 bits per heavy atom. The summed E-state index contributed by atoms with van der Waals surface area (Å²) in [7, 11) is 0. The number of likely N-dealkylation sites (tertiary alicyclic amines) is 1. The Bertz CT molecular complexity index is 962. The lowest BCUT2D eigenvalue weighted by molar-refractivity contribution is 0.105. The molecule has 1 saturated heterocycles. The van der Waals surface area contributed by atoms with E-state index in [1.54, 1.807) is 0 Å². The largest absolute Gasteiger partial charge is 0.364 e. The first-order valence-corrected chi connectivity index (χ1v) is 10.4. The van der Waals surface area contributed by atoms with Crippen molar-refractivity contribution in [1.82, 2.24) is 14.8 Å². The number of amides is 2. The van der Waals surface area contributed by atoms with Gasteiger partial charge in [-0.05, 0) is 36.6 Å². The predicted octanol–water partition coefficient (Wildman–Crippen LogP) is 4.62. The molecule has 2 aliphatic rings. The Morgan fingerprint density at radius 1 is 0.897 bits per heavy atom. The number of para-hydroxylation sites is 1. The Kier molecular flexibility index (Phi) is 4.82. The molecule has 0 aliphatic carbocycles. The second kappa shape index (κ2) is 7.76. The maximum Gasteiger partial charge on any atom is 0.322 e. The standard InChI is InChI=1S/C24H26N4O/c29-24-26-22-11-5-4-10-21(22)23(18-7-2-1-3-8-18)28(24)20-12-15-27(16-13-20)17-19-9-6-14-25-19/h1-11,14,20,23,25H,12-13,15-17H2,(H,26,29). The molecule has 29 heavy (non-hydrogen) atoms. The van der Waals surface area contributed by atoms with Crippen molar-refractivity contribution in [2.24, 2.45) is 0 Å². The van der Waals surface area contributed by atoms with Crippen LogP contribution >= 0.6 is 0 Å². The summed E-state index contributed by atoms with van der Waals surface area (Å²) in [5, 5.41) is 3.12. The summed E-state index contributed by atoms with van der Waals surface area (Å²) in [4.78, 5) is 21.0. The van der Waals surface area contributed by atoms with E-state index in [9.17, 15) is 4.79 Å². The molecule has 2 aromatic carbocycles. The molecule has 5 nitrogen and oxygen atoms in total. The van der Waals surface area contributed by atoms with Gasteiger partial charge in [0.1, 0.15) is 0 Å². The minimum Gasteiger partial charge on any atom is -0.364 e. The fraction of sp³-hybridized carbons (Fsp3) is 0.292. The van der Waals surface area contributed by atoms with Gasteiger partial charge in [-0.1, -0.05) is 48.5 Å². The Labute approximate surface area is 171 Å². The molecule has 3 aromatic rings. The predicted molar refractivity (Wildman–Crippen MR) is 115 cm³/mol. The van der Waals surface area contributed by atoms with Crippen molar-refractivity contribution in [3.05, 3.63) is 89.7 Å². The second-order valence-electron chi connectivity index (χ2n) is 7.94. The Morgan fingerprint density at radius 2 is 1.66 bits per heavy atom. The number of hydrogen-bond acceptors (Lipinski definition) is 2. The van der Waals surface area contributed by atoms with E-state index in [0.29, 0.717) is 0 Å².